The number of amides is 1. The summed E-state index contributed by atoms with van der Waals surface area (Å²) in [5.74, 6) is -0.292. The van der Waals surface area contributed by atoms with E-state index in [1.54, 1.807) is 12.1 Å². The first-order chi connectivity index (χ1) is 13.3. The first-order valence-corrected chi connectivity index (χ1v) is 9.12. The second kappa shape index (κ2) is 6.61. The maximum Gasteiger partial charge on any atom is 0.433 e. The van der Waals surface area contributed by atoms with Crippen LogP contribution in [-0.2, 0) is 19.0 Å². The van der Waals surface area contributed by atoms with Crippen LogP contribution in [0, 0.1) is 5.92 Å². The first kappa shape index (κ1) is 18.5. The molecule has 1 amide bonds. The van der Waals surface area contributed by atoms with Crippen LogP contribution >= 0.6 is 0 Å². The summed E-state index contributed by atoms with van der Waals surface area (Å²) in [4.78, 5) is 16.8. The van der Waals surface area contributed by atoms with Crippen LogP contribution in [-0.4, -0.2) is 27.0 Å². The molecule has 2 heterocycles. The van der Waals surface area contributed by atoms with E-state index in [0.29, 0.717) is 24.2 Å². The Morgan fingerprint density at radius 1 is 1.25 bits per heavy atom. The Balaban J connectivity index is 1.91. The molecule has 146 valence electrons. The Labute approximate surface area is 159 Å². The topological polar surface area (TPSA) is 59.3 Å². The van der Waals surface area contributed by atoms with Crippen molar-refractivity contribution in [3.05, 3.63) is 52.8 Å². The minimum absolute atomic E-state index is 0.0116. The number of aryl methyl sites for hydroxylation is 1. The summed E-state index contributed by atoms with van der Waals surface area (Å²) in [6, 6.07) is 8.64. The zero-order valence-corrected chi connectivity index (χ0v) is 15.5. The van der Waals surface area contributed by atoms with Gasteiger partial charge in [0.25, 0.3) is 5.91 Å². The maximum absolute atomic E-state index is 14.0. The molecule has 8 heteroatoms. The molecular formula is C20H19F3N4O. The van der Waals surface area contributed by atoms with Crippen LogP contribution in [0.5, 0.6) is 0 Å². The molecule has 0 atom stereocenters. The minimum atomic E-state index is -4.62. The summed E-state index contributed by atoms with van der Waals surface area (Å²) in [5.41, 5.74) is 1.18. The van der Waals surface area contributed by atoms with E-state index in [9.17, 15) is 18.0 Å². The molecule has 0 bridgehead atoms. The number of nitrogens with zero attached hydrogens (tertiary/aromatic N) is 3. The highest BCUT2D eigenvalue weighted by molar-refractivity contribution is 5.93. The van der Waals surface area contributed by atoms with E-state index in [1.165, 1.54) is 6.07 Å². The number of hydrogen-bond acceptors (Lipinski definition) is 3. The second-order valence-corrected chi connectivity index (χ2v) is 7.35. The first-order valence-electron chi connectivity index (χ1n) is 9.12. The largest absolute Gasteiger partial charge is 0.433 e. The summed E-state index contributed by atoms with van der Waals surface area (Å²) in [5, 5.41) is 6.62. The number of nitrogens with one attached hydrogen (secondary N) is 1. The Morgan fingerprint density at radius 2 is 2.00 bits per heavy atom. The van der Waals surface area contributed by atoms with Crippen molar-refractivity contribution < 1.29 is 18.0 Å². The predicted octanol–water partition coefficient (Wildman–Crippen LogP) is 3.90. The Hall–Kier alpha value is -2.90. The third-order valence-corrected chi connectivity index (χ3v) is 4.79. The van der Waals surface area contributed by atoms with Crippen molar-refractivity contribution in [2.75, 3.05) is 6.54 Å². The van der Waals surface area contributed by atoms with Crippen LogP contribution in [0.1, 0.15) is 41.2 Å². The molecular weight excluding hydrogens is 369 g/mol. The third kappa shape index (κ3) is 3.12. The average Bonchev–Trinajstić information content (AvgIpc) is 3.06. The molecule has 0 unspecified atom stereocenters. The lowest BCUT2D eigenvalue weighted by Gasteiger charge is -2.23. The summed E-state index contributed by atoms with van der Waals surface area (Å²) in [7, 11) is 0. The van der Waals surface area contributed by atoms with E-state index in [0.717, 1.165) is 10.1 Å². The van der Waals surface area contributed by atoms with Crippen LogP contribution in [0.2, 0.25) is 0 Å². The number of rotatable bonds is 3. The number of carbonyl (C=O) groups is 1. The smallest absolute Gasteiger partial charge is 0.350 e. The molecule has 1 aromatic carbocycles. The van der Waals surface area contributed by atoms with Crippen LogP contribution in [0.25, 0.3) is 16.9 Å². The molecule has 3 aromatic rings. The van der Waals surface area contributed by atoms with Crippen LogP contribution in [0.3, 0.4) is 0 Å². The fourth-order valence-corrected chi connectivity index (χ4v) is 3.52. The van der Waals surface area contributed by atoms with Gasteiger partial charge in [-0.2, -0.15) is 18.3 Å². The molecule has 1 N–H and O–H groups in total. The lowest BCUT2D eigenvalue weighted by atomic mass is 9.88. The number of hydrogen-bond donors (Lipinski definition) is 1. The second-order valence-electron chi connectivity index (χ2n) is 7.35. The van der Waals surface area contributed by atoms with Gasteiger partial charge in [-0.1, -0.05) is 38.1 Å². The molecule has 0 fully saturated rings. The number of aromatic nitrogens is 3. The van der Waals surface area contributed by atoms with E-state index in [1.807, 2.05) is 26.0 Å². The van der Waals surface area contributed by atoms with Crippen molar-refractivity contribution in [1.29, 1.82) is 0 Å². The lowest BCUT2D eigenvalue weighted by Crippen LogP contribution is -2.27. The lowest BCUT2D eigenvalue weighted by molar-refractivity contribution is -0.143. The molecule has 0 aliphatic heterocycles. The van der Waals surface area contributed by atoms with Crippen molar-refractivity contribution >= 4 is 11.6 Å². The normalized spacial score (nSPS) is 13.5. The van der Waals surface area contributed by atoms with Gasteiger partial charge < -0.3 is 5.32 Å². The molecule has 5 nitrogen and oxygen atoms in total. The van der Waals surface area contributed by atoms with Gasteiger partial charge in [0.2, 0.25) is 0 Å². The Morgan fingerprint density at radius 3 is 2.71 bits per heavy atom. The van der Waals surface area contributed by atoms with Gasteiger partial charge in [-0.3, -0.25) is 4.79 Å². The summed E-state index contributed by atoms with van der Waals surface area (Å²) >= 11 is 0. The zero-order valence-electron chi connectivity index (χ0n) is 15.5. The van der Waals surface area contributed by atoms with Gasteiger partial charge >= 0.3 is 6.18 Å². The number of benzene rings is 1. The molecule has 0 saturated heterocycles. The molecule has 1 aliphatic rings. The van der Waals surface area contributed by atoms with E-state index < -0.39 is 17.8 Å². The highest BCUT2D eigenvalue weighted by atomic mass is 19.4. The summed E-state index contributed by atoms with van der Waals surface area (Å²) in [6.45, 7) is 4.27. The van der Waals surface area contributed by atoms with E-state index >= 15 is 0 Å². The fraction of sp³-hybridized carbons (Fsp3) is 0.350. The fourth-order valence-electron chi connectivity index (χ4n) is 3.52. The average molecular weight is 388 g/mol. The van der Waals surface area contributed by atoms with Crippen molar-refractivity contribution in [2.45, 2.75) is 32.9 Å². The molecule has 28 heavy (non-hydrogen) atoms. The van der Waals surface area contributed by atoms with Crippen LogP contribution in [0.15, 0.2) is 30.3 Å². The maximum atomic E-state index is 14.0. The SMILES string of the molecule is CC(C)CNC(=O)c1cc2nc3c(c(C(F)(F)F)n2n1)CCc1ccccc1-3. The minimum Gasteiger partial charge on any atom is -0.350 e. The van der Waals surface area contributed by atoms with Gasteiger partial charge in [-0.25, -0.2) is 9.50 Å². The van der Waals surface area contributed by atoms with Gasteiger partial charge in [0.15, 0.2) is 17.0 Å². The summed E-state index contributed by atoms with van der Waals surface area (Å²) < 4.78 is 42.6. The number of carbonyl (C=O) groups excluding carboxylic acids is 1. The van der Waals surface area contributed by atoms with E-state index in [-0.39, 0.29) is 29.2 Å². The standard InChI is InChI=1S/C20H19F3N4O/c1-11(2)10-24-19(28)15-9-16-25-17-13-6-4-3-5-12(13)7-8-14(17)18(20(21,22)23)27(16)26-15/h3-6,9,11H,7-8,10H2,1-2H3,(H,24,28). The molecule has 0 radical (unpaired) electrons. The van der Waals surface area contributed by atoms with Gasteiger partial charge in [0.1, 0.15) is 0 Å². The highest BCUT2D eigenvalue weighted by Gasteiger charge is 2.40. The molecule has 2 aromatic heterocycles. The van der Waals surface area contributed by atoms with Crippen LogP contribution < -0.4 is 5.32 Å². The molecule has 0 saturated carbocycles. The highest BCUT2D eigenvalue weighted by Crippen LogP contribution is 2.40. The monoisotopic (exact) mass is 388 g/mol. The Kier molecular flexibility index (Phi) is 4.36. The summed E-state index contributed by atoms with van der Waals surface area (Å²) in [6.07, 6.45) is -3.89. The van der Waals surface area contributed by atoms with Gasteiger partial charge in [0, 0.05) is 23.7 Å². The van der Waals surface area contributed by atoms with Crippen molar-refractivity contribution in [1.82, 2.24) is 19.9 Å². The van der Waals surface area contributed by atoms with E-state index in [2.05, 4.69) is 15.4 Å². The van der Waals surface area contributed by atoms with Crippen molar-refractivity contribution in [2.24, 2.45) is 5.92 Å². The molecule has 4 rings (SSSR count). The van der Waals surface area contributed by atoms with Gasteiger partial charge in [-0.15, -0.1) is 0 Å². The molecule has 0 spiro atoms. The number of fused-ring (bicyclic) bond motifs is 4. The van der Waals surface area contributed by atoms with Gasteiger partial charge in [0.05, 0.1) is 5.69 Å². The van der Waals surface area contributed by atoms with Crippen molar-refractivity contribution in [3.63, 3.8) is 0 Å². The quantitative estimate of drug-likeness (QED) is 0.740. The number of halogens is 3. The third-order valence-electron chi connectivity index (χ3n) is 4.79. The van der Waals surface area contributed by atoms with Crippen molar-refractivity contribution in [3.8, 4) is 11.3 Å². The van der Waals surface area contributed by atoms with Gasteiger partial charge in [-0.05, 0) is 24.3 Å². The predicted molar refractivity (Wildman–Crippen MR) is 98.0 cm³/mol. The van der Waals surface area contributed by atoms with Crippen LogP contribution in [0.4, 0.5) is 13.2 Å². The number of alkyl halides is 3. The Bertz CT molecular complexity index is 1070. The zero-order chi connectivity index (χ0) is 20.1. The van der Waals surface area contributed by atoms with E-state index in [4.69, 9.17) is 0 Å². The molecule has 1 aliphatic carbocycles.